The average Bonchev–Trinajstić information content (AvgIpc) is 3.35. The van der Waals surface area contributed by atoms with Gasteiger partial charge in [-0.15, -0.1) is 0 Å². The minimum absolute atomic E-state index is 0.0799. The molecule has 2 fully saturated rings. The standard InChI is InChI=1S/C47H62N10O17S3/c1-22(58)36-43(70)54-28(16-23-7-11-25(59)12-8-23)38(65)53-30(18-34(62)63)39(66)55-32(21-76)42(69)52-29(17-24-9-13-26(60)14-10-24)40(67)57-44(35-45(71)73-47(2,3)74-46(35)72)77-49-19-33(61)50-31(20-75)41(68)51-27(37(64)56-36)6-4-5-15-48/h7-14,22,27-32,36,49,58-60,75-76H,4-6,15-21,48H2,1-3H3,(H,50,61)(H,51,68)(H,52,69)(H,53,65)(H,54,70)(H,55,66)(H,56,64)(H,57,67)(H,62,63)/t22-,27?,28?,29?,30+,31+,32?,36+/m1/s1. The fraction of sp³-hybridized carbons (Fsp3) is 0.468. The van der Waals surface area contributed by atoms with Crippen LogP contribution >= 0.6 is 37.2 Å². The number of thiol groups is 2. The third kappa shape index (κ3) is 19.4. The van der Waals surface area contributed by atoms with Crippen LogP contribution in [0.1, 0.15) is 57.6 Å². The summed E-state index contributed by atoms with van der Waals surface area (Å²) in [7, 11) is 0. The van der Waals surface area contributed by atoms with Crippen molar-refractivity contribution in [2.24, 2.45) is 5.73 Å². The number of aliphatic hydroxyl groups is 1. The maximum atomic E-state index is 14.4. The molecule has 2 aliphatic rings. The van der Waals surface area contributed by atoms with Crippen LogP contribution in [0.15, 0.2) is 59.1 Å². The van der Waals surface area contributed by atoms with Crippen LogP contribution in [0.2, 0.25) is 0 Å². The number of aromatic hydroxyl groups is 2. The van der Waals surface area contributed by atoms with Crippen LogP contribution in [0.5, 0.6) is 11.5 Å². The number of nitrogens with two attached hydrogens (primary N) is 1. The topological polar surface area (TPSA) is 421 Å². The number of unbranched alkanes of at least 4 members (excludes halogenated alkanes) is 1. The quantitative estimate of drug-likeness (QED) is 0.0231. The minimum atomic E-state index is -1.99. The Balaban J connectivity index is 1.84. The molecule has 0 spiro atoms. The van der Waals surface area contributed by atoms with Crippen LogP contribution in [0.3, 0.4) is 0 Å². The molecule has 0 aromatic heterocycles. The van der Waals surface area contributed by atoms with Gasteiger partial charge in [-0.05, 0) is 80.1 Å². The first kappa shape index (κ1) is 62.4. The van der Waals surface area contributed by atoms with Crippen LogP contribution < -0.4 is 53.0 Å². The van der Waals surface area contributed by atoms with E-state index in [4.69, 9.17) is 15.2 Å². The fourth-order valence-electron chi connectivity index (χ4n) is 7.29. The first-order chi connectivity index (χ1) is 36.3. The van der Waals surface area contributed by atoms with Crippen LogP contribution in [-0.2, 0) is 75.1 Å². The van der Waals surface area contributed by atoms with Gasteiger partial charge in [-0.2, -0.15) is 25.3 Å². The van der Waals surface area contributed by atoms with Gasteiger partial charge < -0.3 is 78.2 Å². The summed E-state index contributed by atoms with van der Waals surface area (Å²) >= 11 is 8.73. The Morgan fingerprint density at radius 3 is 1.60 bits per heavy atom. The molecule has 8 amide bonds. The zero-order chi connectivity index (χ0) is 57.1. The largest absolute Gasteiger partial charge is 0.508 e. The number of rotatable bonds is 13. The summed E-state index contributed by atoms with van der Waals surface area (Å²) in [6, 6.07) is -1.18. The number of phenolic OH excluding ortho intramolecular Hbond substituents is 2. The zero-order valence-electron chi connectivity index (χ0n) is 41.8. The lowest BCUT2D eigenvalue weighted by Gasteiger charge is -2.31. The Labute approximate surface area is 456 Å². The fourth-order valence-corrected chi connectivity index (χ4v) is 8.58. The molecule has 0 bridgehead atoms. The van der Waals surface area contributed by atoms with Gasteiger partial charge in [0, 0.05) is 38.2 Å². The predicted molar refractivity (Wildman–Crippen MR) is 279 cm³/mol. The molecular formula is C47H62N10O17S3. The first-order valence-corrected chi connectivity index (χ1v) is 25.8. The van der Waals surface area contributed by atoms with E-state index in [9.17, 15) is 73.2 Å². The van der Waals surface area contributed by atoms with Gasteiger partial charge in [0.25, 0.3) is 5.79 Å². The maximum Gasteiger partial charge on any atom is 0.351 e. The molecular weight excluding hydrogens is 1070 g/mol. The van der Waals surface area contributed by atoms with Crippen molar-refractivity contribution in [1.29, 1.82) is 0 Å². The second kappa shape index (κ2) is 29.4. The van der Waals surface area contributed by atoms with Crippen molar-refractivity contribution in [3.05, 3.63) is 70.3 Å². The number of amides is 8. The van der Waals surface area contributed by atoms with Gasteiger partial charge in [0.15, 0.2) is 5.57 Å². The number of hydrogen-bond acceptors (Lipinski definition) is 21. The molecule has 0 aliphatic carbocycles. The number of carbonyl (C=O) groups is 11. The number of esters is 2. The predicted octanol–water partition coefficient (Wildman–Crippen LogP) is -3.46. The Morgan fingerprint density at radius 1 is 0.649 bits per heavy atom. The minimum Gasteiger partial charge on any atom is -0.508 e. The van der Waals surface area contributed by atoms with Crippen molar-refractivity contribution in [2.45, 2.75) is 113 Å². The van der Waals surface area contributed by atoms with Gasteiger partial charge >= 0.3 is 17.9 Å². The monoisotopic (exact) mass is 1130 g/mol. The first-order valence-electron chi connectivity index (χ1n) is 23.8. The zero-order valence-corrected chi connectivity index (χ0v) is 44.4. The van der Waals surface area contributed by atoms with Crippen molar-refractivity contribution < 1.29 is 82.6 Å². The number of cyclic esters (lactones) is 2. The number of carboxylic acids is 1. The summed E-state index contributed by atoms with van der Waals surface area (Å²) in [5.41, 5.74) is 5.44. The summed E-state index contributed by atoms with van der Waals surface area (Å²) in [4.78, 5) is 151. The van der Waals surface area contributed by atoms with Gasteiger partial charge in [0.2, 0.25) is 47.3 Å². The number of carboxylic acid groups (broad SMARTS) is 1. The smallest absolute Gasteiger partial charge is 0.351 e. The number of nitrogens with one attached hydrogen (secondary N) is 9. The van der Waals surface area contributed by atoms with E-state index in [1.807, 2.05) is 0 Å². The van der Waals surface area contributed by atoms with Crippen molar-refractivity contribution in [2.75, 3.05) is 24.6 Å². The molecule has 0 saturated carbocycles. The van der Waals surface area contributed by atoms with E-state index in [0.717, 1.165) is 6.92 Å². The Bertz CT molecular complexity index is 2530. The van der Waals surface area contributed by atoms with E-state index < -0.39 is 155 Å². The van der Waals surface area contributed by atoms with Crippen LogP contribution in [0.25, 0.3) is 0 Å². The normalized spacial score (nSPS) is 24.4. The van der Waals surface area contributed by atoms with E-state index in [0.29, 0.717) is 29.5 Å². The Morgan fingerprint density at radius 2 is 1.09 bits per heavy atom. The summed E-state index contributed by atoms with van der Waals surface area (Å²) in [5.74, 6) is -15.8. The second-order valence-electron chi connectivity index (χ2n) is 17.9. The SMILES string of the molecule is C[C@@H](O)[C@@H]1NC(=O)C(CCCCN)NC(=O)[C@H](CS)NC(=O)CNSC(=C2C(=O)OC(C)(C)OC2=O)NC(=O)C(Cc2ccc(O)cc2)NC(=O)C(CS)NC(=O)[C@H](CC(=O)O)NC(=O)C(Cc2ccc(O)cc2)NC1=O. The lowest BCUT2D eigenvalue weighted by Crippen LogP contribution is -2.62. The average molecular weight is 1140 g/mol. The van der Waals surface area contributed by atoms with E-state index in [1.165, 1.54) is 62.4 Å². The Hall–Kier alpha value is -7.12. The van der Waals surface area contributed by atoms with Crippen molar-refractivity contribution >= 4 is 102 Å². The molecule has 30 heteroatoms. The lowest BCUT2D eigenvalue weighted by atomic mass is 10.0. The lowest BCUT2D eigenvalue weighted by molar-refractivity contribution is -0.222. The van der Waals surface area contributed by atoms with Crippen LogP contribution in [0.4, 0.5) is 0 Å². The van der Waals surface area contributed by atoms with E-state index in [-0.39, 0.29) is 43.1 Å². The van der Waals surface area contributed by atoms with Gasteiger partial charge in [-0.3, -0.25) is 43.2 Å². The number of aliphatic carboxylic acids is 1. The van der Waals surface area contributed by atoms with Crippen LogP contribution in [-0.4, -0.2) is 164 Å². The summed E-state index contributed by atoms with van der Waals surface area (Å²) < 4.78 is 13.1. The molecule has 27 nitrogen and oxygen atoms in total. The van der Waals surface area contributed by atoms with Gasteiger partial charge in [-0.25, -0.2) is 14.3 Å². The molecule has 2 aromatic rings. The molecule has 8 atom stereocenters. The third-order valence-electron chi connectivity index (χ3n) is 11.3. The summed E-state index contributed by atoms with van der Waals surface area (Å²) in [5, 5.41) is 59.1. The molecule has 2 aromatic carbocycles. The Kier molecular flexibility index (Phi) is 23.8. The molecule has 2 saturated heterocycles. The number of ether oxygens (including phenoxy) is 2. The van der Waals surface area contributed by atoms with Crippen molar-refractivity contribution in [3.63, 3.8) is 0 Å². The molecule has 77 heavy (non-hydrogen) atoms. The van der Waals surface area contributed by atoms with E-state index in [2.05, 4.69) is 72.5 Å². The highest BCUT2D eigenvalue weighted by Crippen LogP contribution is 2.27. The van der Waals surface area contributed by atoms with Crippen molar-refractivity contribution in [3.8, 4) is 11.5 Å². The molecule has 15 N–H and O–H groups in total. The number of aliphatic hydroxyl groups excluding tert-OH is 1. The molecule has 2 aliphatic heterocycles. The van der Waals surface area contributed by atoms with Crippen molar-refractivity contribution in [1.82, 2.24) is 47.3 Å². The third-order valence-corrected chi connectivity index (χ3v) is 12.8. The number of benzene rings is 2. The summed E-state index contributed by atoms with van der Waals surface area (Å²) in [6.45, 7) is 3.13. The van der Waals surface area contributed by atoms with E-state index in [1.54, 1.807) is 0 Å². The van der Waals surface area contributed by atoms with E-state index >= 15 is 0 Å². The second-order valence-corrected chi connectivity index (χ2v) is 19.6. The maximum absolute atomic E-state index is 14.4. The van der Waals surface area contributed by atoms with Gasteiger partial charge in [-0.1, -0.05) is 24.3 Å². The number of carbonyl (C=O) groups excluding carboxylic acids is 10. The molecule has 4 rings (SSSR count). The highest BCUT2D eigenvalue weighted by molar-refractivity contribution is 8.01. The molecule has 0 radical (unpaired) electrons. The van der Waals surface area contributed by atoms with Gasteiger partial charge in [0.05, 0.1) is 19.1 Å². The number of hydrogen-bond donors (Lipinski definition) is 16. The highest BCUT2D eigenvalue weighted by atomic mass is 32.2. The van der Waals surface area contributed by atoms with Gasteiger partial charge in [0.1, 0.15) is 58.8 Å². The number of phenols is 2. The summed E-state index contributed by atoms with van der Waals surface area (Å²) in [6.07, 6.45) is -3.01. The van der Waals surface area contributed by atoms with Crippen LogP contribution in [0, 0.1) is 0 Å². The highest BCUT2D eigenvalue weighted by Gasteiger charge is 2.43. The molecule has 2 heterocycles. The molecule has 420 valence electrons. The molecule has 4 unspecified atom stereocenters.